The van der Waals surface area contributed by atoms with Crippen LogP contribution in [0.5, 0.6) is 0 Å². The van der Waals surface area contributed by atoms with E-state index in [4.69, 9.17) is 4.74 Å². The van der Waals surface area contributed by atoms with E-state index >= 15 is 0 Å². The first-order valence-corrected chi connectivity index (χ1v) is 4.66. The molecule has 4 heteroatoms. The summed E-state index contributed by atoms with van der Waals surface area (Å²) in [4.78, 5) is 22.9. The fourth-order valence-electron chi connectivity index (χ4n) is 1.16. The van der Waals surface area contributed by atoms with Crippen molar-refractivity contribution in [2.24, 2.45) is 0 Å². The van der Waals surface area contributed by atoms with Crippen LogP contribution in [0.25, 0.3) is 0 Å². The van der Waals surface area contributed by atoms with Crippen LogP contribution < -0.4 is 0 Å². The smallest absolute Gasteiger partial charge is 0.339 e. The second kappa shape index (κ2) is 5.70. The molecule has 0 aliphatic carbocycles. The summed E-state index contributed by atoms with van der Waals surface area (Å²) in [6.07, 6.45) is 1.46. The van der Waals surface area contributed by atoms with Gasteiger partial charge < -0.3 is 9.47 Å². The van der Waals surface area contributed by atoms with Gasteiger partial charge in [0.25, 0.3) is 0 Å². The van der Waals surface area contributed by atoms with Gasteiger partial charge in [0.05, 0.1) is 18.2 Å². The number of hydrogen-bond donors (Lipinski definition) is 0. The molecule has 0 saturated heterocycles. The van der Waals surface area contributed by atoms with Crippen LogP contribution in [0, 0.1) is 0 Å². The van der Waals surface area contributed by atoms with E-state index in [0.717, 1.165) is 0 Å². The molecule has 84 valence electrons. The highest BCUT2D eigenvalue weighted by atomic mass is 16.5. The van der Waals surface area contributed by atoms with Gasteiger partial charge in [-0.15, -0.1) is 0 Å². The summed E-state index contributed by atoms with van der Waals surface area (Å²) in [7, 11) is 1.26. The normalized spacial score (nSPS) is 9.31. The van der Waals surface area contributed by atoms with Crippen molar-refractivity contribution in [2.45, 2.75) is 0 Å². The molecule has 0 N–H and O–H groups in total. The predicted molar refractivity (Wildman–Crippen MR) is 58.3 cm³/mol. The molecule has 1 aromatic rings. The molecule has 0 bridgehead atoms. The Morgan fingerprint density at radius 1 is 1.25 bits per heavy atom. The lowest BCUT2D eigenvalue weighted by molar-refractivity contribution is 0.0522. The van der Waals surface area contributed by atoms with Gasteiger partial charge in [0.1, 0.15) is 6.61 Å². The molecule has 4 nitrogen and oxygen atoms in total. The van der Waals surface area contributed by atoms with Gasteiger partial charge in [0.15, 0.2) is 0 Å². The summed E-state index contributed by atoms with van der Waals surface area (Å²) in [5.74, 6) is -1.13. The summed E-state index contributed by atoms with van der Waals surface area (Å²) < 4.78 is 9.41. The van der Waals surface area contributed by atoms with Crippen molar-refractivity contribution in [2.75, 3.05) is 13.7 Å². The van der Waals surface area contributed by atoms with Gasteiger partial charge in [-0.1, -0.05) is 24.8 Å². The number of esters is 2. The van der Waals surface area contributed by atoms with E-state index in [2.05, 4.69) is 11.3 Å². The molecule has 0 radical (unpaired) electrons. The molecular weight excluding hydrogens is 208 g/mol. The van der Waals surface area contributed by atoms with Crippen molar-refractivity contribution < 1.29 is 19.1 Å². The quantitative estimate of drug-likeness (QED) is 0.573. The van der Waals surface area contributed by atoms with Crippen LogP contribution in [0.1, 0.15) is 20.7 Å². The predicted octanol–water partition coefficient (Wildman–Crippen LogP) is 1.82. The standard InChI is InChI=1S/C12H12O4/c1-3-8-16-12(14)10-7-5-4-6-9(10)11(13)15-2/h3-7H,1,8H2,2H3. The van der Waals surface area contributed by atoms with Gasteiger partial charge >= 0.3 is 11.9 Å². The summed E-state index contributed by atoms with van der Waals surface area (Å²) in [5, 5.41) is 0. The van der Waals surface area contributed by atoms with Gasteiger partial charge in [0, 0.05) is 0 Å². The molecule has 0 atom stereocenters. The second-order valence-corrected chi connectivity index (χ2v) is 2.92. The Morgan fingerprint density at radius 3 is 2.31 bits per heavy atom. The summed E-state index contributed by atoms with van der Waals surface area (Å²) in [5.41, 5.74) is 0.385. The Labute approximate surface area is 93.5 Å². The molecule has 16 heavy (non-hydrogen) atoms. The Kier molecular flexibility index (Phi) is 4.27. The van der Waals surface area contributed by atoms with Gasteiger partial charge in [0.2, 0.25) is 0 Å². The third-order valence-electron chi connectivity index (χ3n) is 1.88. The minimum atomic E-state index is -0.569. The number of methoxy groups -OCH3 is 1. The van der Waals surface area contributed by atoms with E-state index in [1.807, 2.05) is 0 Å². The first-order chi connectivity index (χ1) is 7.70. The number of carbonyl (C=O) groups excluding carboxylic acids is 2. The van der Waals surface area contributed by atoms with Crippen molar-refractivity contribution in [3.8, 4) is 0 Å². The first-order valence-electron chi connectivity index (χ1n) is 4.66. The van der Waals surface area contributed by atoms with E-state index in [-0.39, 0.29) is 17.7 Å². The monoisotopic (exact) mass is 220 g/mol. The SMILES string of the molecule is C=CCOC(=O)c1ccccc1C(=O)OC. The van der Waals surface area contributed by atoms with Crippen LogP contribution in [0.2, 0.25) is 0 Å². The number of ether oxygens (including phenoxy) is 2. The van der Waals surface area contributed by atoms with Crippen LogP contribution in [0.15, 0.2) is 36.9 Å². The zero-order chi connectivity index (χ0) is 12.0. The molecule has 0 amide bonds. The highest BCUT2D eigenvalue weighted by molar-refractivity contribution is 6.03. The number of rotatable bonds is 4. The van der Waals surface area contributed by atoms with Crippen LogP contribution in [-0.4, -0.2) is 25.7 Å². The van der Waals surface area contributed by atoms with E-state index in [9.17, 15) is 9.59 Å². The molecular formula is C12H12O4. The maximum atomic E-state index is 11.6. The maximum Gasteiger partial charge on any atom is 0.339 e. The fourth-order valence-corrected chi connectivity index (χ4v) is 1.16. The molecule has 0 unspecified atom stereocenters. The van der Waals surface area contributed by atoms with Gasteiger partial charge in [-0.05, 0) is 12.1 Å². The number of hydrogen-bond acceptors (Lipinski definition) is 4. The molecule has 1 aromatic carbocycles. The average molecular weight is 220 g/mol. The summed E-state index contributed by atoms with van der Waals surface area (Å²) in [6, 6.07) is 6.32. The van der Waals surface area contributed by atoms with Crippen molar-refractivity contribution >= 4 is 11.9 Å². The van der Waals surface area contributed by atoms with Gasteiger partial charge in [-0.3, -0.25) is 0 Å². The van der Waals surface area contributed by atoms with Gasteiger partial charge in [-0.25, -0.2) is 9.59 Å². The summed E-state index contributed by atoms with van der Waals surface area (Å²) >= 11 is 0. The molecule has 0 aliphatic heterocycles. The van der Waals surface area contributed by atoms with Crippen molar-refractivity contribution in [3.05, 3.63) is 48.0 Å². The minimum absolute atomic E-state index is 0.105. The largest absolute Gasteiger partial charge is 0.465 e. The highest BCUT2D eigenvalue weighted by Crippen LogP contribution is 2.11. The summed E-state index contributed by atoms with van der Waals surface area (Å²) in [6.45, 7) is 3.54. The number of benzene rings is 1. The van der Waals surface area contributed by atoms with E-state index in [0.29, 0.717) is 0 Å². The molecule has 0 saturated carbocycles. The molecule has 0 fully saturated rings. The number of carbonyl (C=O) groups is 2. The van der Waals surface area contributed by atoms with Crippen LogP contribution in [0.4, 0.5) is 0 Å². The van der Waals surface area contributed by atoms with Crippen LogP contribution in [-0.2, 0) is 9.47 Å². The molecule has 0 aliphatic rings. The molecule has 0 heterocycles. The lowest BCUT2D eigenvalue weighted by atomic mass is 10.1. The Bertz CT molecular complexity index is 409. The zero-order valence-electron chi connectivity index (χ0n) is 8.93. The minimum Gasteiger partial charge on any atom is -0.465 e. The van der Waals surface area contributed by atoms with Crippen LogP contribution >= 0.6 is 0 Å². The average Bonchev–Trinajstić information content (AvgIpc) is 2.35. The topological polar surface area (TPSA) is 52.6 Å². The van der Waals surface area contributed by atoms with Gasteiger partial charge in [-0.2, -0.15) is 0 Å². The Hall–Kier alpha value is -2.10. The molecule has 1 rings (SSSR count). The lowest BCUT2D eigenvalue weighted by Gasteiger charge is -2.06. The van der Waals surface area contributed by atoms with E-state index in [1.54, 1.807) is 12.1 Å². The third-order valence-corrected chi connectivity index (χ3v) is 1.88. The fraction of sp³-hybridized carbons (Fsp3) is 0.167. The van der Waals surface area contributed by atoms with E-state index < -0.39 is 11.9 Å². The maximum absolute atomic E-state index is 11.6. The lowest BCUT2D eigenvalue weighted by Crippen LogP contribution is -2.12. The Morgan fingerprint density at radius 2 is 1.81 bits per heavy atom. The first kappa shape index (κ1) is 12.0. The van der Waals surface area contributed by atoms with Crippen molar-refractivity contribution in [1.29, 1.82) is 0 Å². The molecule has 0 aromatic heterocycles. The highest BCUT2D eigenvalue weighted by Gasteiger charge is 2.17. The second-order valence-electron chi connectivity index (χ2n) is 2.92. The van der Waals surface area contributed by atoms with Crippen molar-refractivity contribution in [1.82, 2.24) is 0 Å². The Balaban J connectivity index is 2.98. The van der Waals surface area contributed by atoms with Crippen molar-refractivity contribution in [3.63, 3.8) is 0 Å². The third kappa shape index (κ3) is 2.70. The van der Waals surface area contributed by atoms with Crippen LogP contribution in [0.3, 0.4) is 0 Å². The molecule has 0 spiro atoms. The zero-order valence-corrected chi connectivity index (χ0v) is 8.93. The van der Waals surface area contributed by atoms with E-state index in [1.165, 1.54) is 25.3 Å².